The molecule has 18 heavy (non-hydrogen) atoms. The Hall–Kier alpha value is -1.54. The van der Waals surface area contributed by atoms with Crippen LogP contribution in [-0.4, -0.2) is 0 Å². The van der Waals surface area contributed by atoms with Crippen LogP contribution in [-0.2, 0) is 6.42 Å². The molecular formula is C15H13ClFN. The molecule has 1 N–H and O–H groups in total. The van der Waals surface area contributed by atoms with E-state index >= 15 is 0 Å². The van der Waals surface area contributed by atoms with Gasteiger partial charge in [0.15, 0.2) is 0 Å². The number of nitrogens with one attached hydrogen (secondary N) is 1. The minimum Gasteiger partial charge on any atom is -0.378 e. The lowest BCUT2D eigenvalue weighted by molar-refractivity contribution is 0.627. The number of halogens is 2. The van der Waals surface area contributed by atoms with Gasteiger partial charge in [-0.15, -0.1) is 0 Å². The minimum absolute atomic E-state index is 0.249. The highest BCUT2D eigenvalue weighted by molar-refractivity contribution is 6.30. The van der Waals surface area contributed by atoms with Gasteiger partial charge >= 0.3 is 0 Å². The molecule has 2 aromatic carbocycles. The summed E-state index contributed by atoms with van der Waals surface area (Å²) in [4.78, 5) is 0. The molecule has 0 spiro atoms. The zero-order valence-corrected chi connectivity index (χ0v) is 10.5. The molecule has 0 aliphatic heterocycles. The first-order chi connectivity index (χ1) is 8.72. The van der Waals surface area contributed by atoms with E-state index in [0.29, 0.717) is 5.02 Å². The zero-order valence-electron chi connectivity index (χ0n) is 9.79. The van der Waals surface area contributed by atoms with Gasteiger partial charge in [-0.25, -0.2) is 4.39 Å². The monoisotopic (exact) mass is 261 g/mol. The predicted octanol–water partition coefficient (Wildman–Crippen LogP) is 4.58. The third-order valence-corrected chi connectivity index (χ3v) is 3.55. The van der Waals surface area contributed by atoms with Gasteiger partial charge in [-0.05, 0) is 42.2 Å². The average molecular weight is 262 g/mol. The fourth-order valence-electron chi connectivity index (χ4n) is 2.55. The molecule has 2 aromatic rings. The van der Waals surface area contributed by atoms with E-state index in [1.54, 1.807) is 6.07 Å². The maximum atomic E-state index is 13.3. The standard InChI is InChI=1S/C15H13ClFN/c16-11-7-12(17)9-13(8-11)18-15-6-5-10-3-1-2-4-14(10)15/h1-4,7-9,15,18H,5-6H2. The van der Waals surface area contributed by atoms with Gasteiger partial charge in [-0.1, -0.05) is 35.9 Å². The molecule has 92 valence electrons. The lowest BCUT2D eigenvalue weighted by Gasteiger charge is -2.15. The smallest absolute Gasteiger partial charge is 0.126 e. The molecular weight excluding hydrogens is 249 g/mol. The number of fused-ring (bicyclic) bond motifs is 1. The van der Waals surface area contributed by atoms with Crippen LogP contribution in [0.1, 0.15) is 23.6 Å². The normalized spacial score (nSPS) is 17.6. The van der Waals surface area contributed by atoms with E-state index in [0.717, 1.165) is 18.5 Å². The van der Waals surface area contributed by atoms with Gasteiger partial charge in [0.1, 0.15) is 5.82 Å². The first-order valence-corrected chi connectivity index (χ1v) is 6.40. The Morgan fingerprint density at radius 1 is 1.17 bits per heavy atom. The molecule has 0 fully saturated rings. The largest absolute Gasteiger partial charge is 0.378 e. The molecule has 0 aromatic heterocycles. The molecule has 1 nitrogen and oxygen atoms in total. The SMILES string of the molecule is Fc1cc(Cl)cc(NC2CCc3ccccc32)c1. The summed E-state index contributed by atoms with van der Waals surface area (Å²) >= 11 is 5.86. The highest BCUT2D eigenvalue weighted by atomic mass is 35.5. The van der Waals surface area contributed by atoms with Crippen molar-refractivity contribution in [2.24, 2.45) is 0 Å². The summed E-state index contributed by atoms with van der Waals surface area (Å²) in [7, 11) is 0. The summed E-state index contributed by atoms with van der Waals surface area (Å²) in [6, 6.07) is 13.2. The van der Waals surface area contributed by atoms with Crippen LogP contribution < -0.4 is 5.32 Å². The van der Waals surface area contributed by atoms with Gasteiger partial charge in [-0.3, -0.25) is 0 Å². The van der Waals surface area contributed by atoms with Crippen LogP contribution in [0.2, 0.25) is 5.02 Å². The molecule has 0 saturated carbocycles. The van der Waals surface area contributed by atoms with Crippen LogP contribution in [0.5, 0.6) is 0 Å². The van der Waals surface area contributed by atoms with Crippen molar-refractivity contribution in [1.82, 2.24) is 0 Å². The summed E-state index contributed by atoms with van der Waals surface area (Å²) in [6.45, 7) is 0. The van der Waals surface area contributed by atoms with Gasteiger partial charge < -0.3 is 5.32 Å². The van der Waals surface area contributed by atoms with Gasteiger partial charge in [0.25, 0.3) is 0 Å². The third-order valence-electron chi connectivity index (χ3n) is 3.34. The van der Waals surface area contributed by atoms with Gasteiger partial charge in [0, 0.05) is 10.7 Å². The van der Waals surface area contributed by atoms with Crippen LogP contribution in [0, 0.1) is 5.82 Å². The van der Waals surface area contributed by atoms with E-state index in [2.05, 4.69) is 23.5 Å². The fourth-order valence-corrected chi connectivity index (χ4v) is 2.77. The number of anilines is 1. The summed E-state index contributed by atoms with van der Waals surface area (Å²) in [5, 5.41) is 3.77. The Balaban J connectivity index is 1.86. The Morgan fingerprint density at radius 3 is 2.83 bits per heavy atom. The second kappa shape index (κ2) is 4.62. The molecule has 0 heterocycles. The first kappa shape index (κ1) is 11.5. The maximum absolute atomic E-state index is 13.3. The molecule has 1 aliphatic carbocycles. The number of benzene rings is 2. The van der Waals surface area contributed by atoms with Crippen molar-refractivity contribution in [3.63, 3.8) is 0 Å². The van der Waals surface area contributed by atoms with Crippen molar-refractivity contribution in [2.45, 2.75) is 18.9 Å². The van der Waals surface area contributed by atoms with E-state index in [1.165, 1.54) is 23.3 Å². The number of hydrogen-bond donors (Lipinski definition) is 1. The minimum atomic E-state index is -0.309. The van der Waals surface area contributed by atoms with Crippen molar-refractivity contribution >= 4 is 17.3 Å². The van der Waals surface area contributed by atoms with E-state index in [1.807, 2.05) is 6.07 Å². The second-order valence-corrected chi connectivity index (χ2v) is 5.03. The lowest BCUT2D eigenvalue weighted by atomic mass is 10.1. The van der Waals surface area contributed by atoms with Gasteiger partial charge in [0.05, 0.1) is 6.04 Å². The van der Waals surface area contributed by atoms with Crippen molar-refractivity contribution in [3.8, 4) is 0 Å². The van der Waals surface area contributed by atoms with Crippen LogP contribution in [0.3, 0.4) is 0 Å². The molecule has 0 radical (unpaired) electrons. The highest BCUT2D eigenvalue weighted by Gasteiger charge is 2.21. The summed E-state index contributed by atoms with van der Waals surface area (Å²) in [5.41, 5.74) is 3.41. The topological polar surface area (TPSA) is 12.0 Å². The van der Waals surface area contributed by atoms with Crippen molar-refractivity contribution in [2.75, 3.05) is 5.32 Å². The summed E-state index contributed by atoms with van der Waals surface area (Å²) in [6.07, 6.45) is 2.10. The Kier molecular flexibility index (Phi) is 2.96. The van der Waals surface area contributed by atoms with Crippen LogP contribution in [0.4, 0.5) is 10.1 Å². The van der Waals surface area contributed by atoms with Gasteiger partial charge in [0.2, 0.25) is 0 Å². The summed E-state index contributed by atoms with van der Waals surface area (Å²) in [5.74, 6) is -0.309. The molecule has 0 bridgehead atoms. The van der Waals surface area contributed by atoms with E-state index < -0.39 is 0 Å². The number of aryl methyl sites for hydroxylation is 1. The van der Waals surface area contributed by atoms with Crippen molar-refractivity contribution in [3.05, 3.63) is 64.4 Å². The average Bonchev–Trinajstić information content (AvgIpc) is 2.72. The van der Waals surface area contributed by atoms with Crippen LogP contribution >= 0.6 is 11.6 Å². The molecule has 1 unspecified atom stereocenters. The van der Waals surface area contributed by atoms with E-state index in [4.69, 9.17) is 11.6 Å². The Bertz CT molecular complexity index is 562. The molecule has 0 amide bonds. The van der Waals surface area contributed by atoms with E-state index in [-0.39, 0.29) is 11.9 Å². The lowest BCUT2D eigenvalue weighted by Crippen LogP contribution is -2.07. The zero-order chi connectivity index (χ0) is 12.5. The Labute approximate surface area is 111 Å². The van der Waals surface area contributed by atoms with Crippen LogP contribution in [0.15, 0.2) is 42.5 Å². The van der Waals surface area contributed by atoms with E-state index in [9.17, 15) is 4.39 Å². The number of rotatable bonds is 2. The molecule has 0 saturated heterocycles. The fraction of sp³-hybridized carbons (Fsp3) is 0.200. The molecule has 1 aliphatic rings. The first-order valence-electron chi connectivity index (χ1n) is 6.03. The summed E-state index contributed by atoms with van der Waals surface area (Å²) < 4.78 is 13.3. The van der Waals surface area contributed by atoms with Crippen LogP contribution in [0.25, 0.3) is 0 Å². The quantitative estimate of drug-likeness (QED) is 0.834. The molecule has 1 atom stereocenters. The second-order valence-electron chi connectivity index (χ2n) is 4.59. The Morgan fingerprint density at radius 2 is 2.00 bits per heavy atom. The maximum Gasteiger partial charge on any atom is 0.126 e. The van der Waals surface area contributed by atoms with Gasteiger partial charge in [-0.2, -0.15) is 0 Å². The van der Waals surface area contributed by atoms with Crippen molar-refractivity contribution < 1.29 is 4.39 Å². The third kappa shape index (κ3) is 2.21. The highest BCUT2D eigenvalue weighted by Crippen LogP contribution is 2.34. The molecule has 3 rings (SSSR count). The number of hydrogen-bond acceptors (Lipinski definition) is 1. The van der Waals surface area contributed by atoms with Crippen molar-refractivity contribution in [1.29, 1.82) is 0 Å². The predicted molar refractivity (Wildman–Crippen MR) is 72.5 cm³/mol. The molecule has 3 heteroatoms.